The molecule has 0 bridgehead atoms. The topological polar surface area (TPSA) is 25.2 Å². The molecule has 1 aliphatic carbocycles. The first kappa shape index (κ1) is 14.4. The van der Waals surface area contributed by atoms with E-state index in [0.717, 1.165) is 19.5 Å². The molecule has 1 atom stereocenters. The molecular formula is C19H25NO. The highest BCUT2D eigenvalue weighted by molar-refractivity contribution is 5.39. The van der Waals surface area contributed by atoms with Crippen molar-refractivity contribution in [1.82, 2.24) is 5.32 Å². The molecule has 0 radical (unpaired) electrons. The van der Waals surface area contributed by atoms with Crippen LogP contribution in [0.4, 0.5) is 0 Å². The Kier molecular flexibility index (Phi) is 4.45. The van der Waals surface area contributed by atoms with Gasteiger partial charge in [-0.05, 0) is 61.4 Å². The van der Waals surface area contributed by atoms with E-state index in [1.807, 2.05) is 6.26 Å². The summed E-state index contributed by atoms with van der Waals surface area (Å²) in [4.78, 5) is 0. The maximum atomic E-state index is 5.29. The van der Waals surface area contributed by atoms with Gasteiger partial charge in [0.15, 0.2) is 0 Å². The first-order valence-electron chi connectivity index (χ1n) is 8.14. The second-order valence-electron chi connectivity index (χ2n) is 6.28. The van der Waals surface area contributed by atoms with Gasteiger partial charge < -0.3 is 9.73 Å². The van der Waals surface area contributed by atoms with Crippen molar-refractivity contribution in [3.05, 3.63) is 59.5 Å². The minimum Gasteiger partial charge on any atom is -0.472 e. The van der Waals surface area contributed by atoms with Crippen molar-refractivity contribution in [3.8, 4) is 0 Å². The minimum atomic E-state index is 0.216. The van der Waals surface area contributed by atoms with Gasteiger partial charge >= 0.3 is 0 Å². The van der Waals surface area contributed by atoms with Gasteiger partial charge in [-0.15, -0.1) is 0 Å². The Morgan fingerprint density at radius 3 is 2.95 bits per heavy atom. The van der Waals surface area contributed by atoms with Crippen LogP contribution in [0, 0.1) is 0 Å². The highest BCUT2D eigenvalue weighted by atomic mass is 16.3. The van der Waals surface area contributed by atoms with E-state index in [1.165, 1.54) is 36.8 Å². The third kappa shape index (κ3) is 3.06. The summed E-state index contributed by atoms with van der Waals surface area (Å²) in [6, 6.07) is 11.1. The molecule has 0 amide bonds. The number of rotatable bonds is 6. The molecule has 0 spiro atoms. The predicted molar refractivity (Wildman–Crippen MR) is 86.6 cm³/mol. The van der Waals surface area contributed by atoms with Crippen LogP contribution in [0.3, 0.4) is 0 Å². The maximum Gasteiger partial charge on any atom is 0.0934 e. The van der Waals surface area contributed by atoms with Gasteiger partial charge in [-0.3, -0.25) is 0 Å². The predicted octanol–water partition coefficient (Wildman–Crippen LogP) is 4.10. The Labute approximate surface area is 127 Å². The van der Waals surface area contributed by atoms with Crippen LogP contribution >= 0.6 is 0 Å². The maximum absolute atomic E-state index is 5.29. The van der Waals surface area contributed by atoms with Crippen LogP contribution in [0.5, 0.6) is 0 Å². The summed E-state index contributed by atoms with van der Waals surface area (Å²) < 4.78 is 5.29. The first-order chi connectivity index (χ1) is 10.3. The highest BCUT2D eigenvalue weighted by Crippen LogP contribution is 2.39. The zero-order valence-electron chi connectivity index (χ0n) is 12.9. The Bertz CT molecular complexity index is 561. The third-order valence-corrected chi connectivity index (χ3v) is 4.70. The second kappa shape index (κ2) is 6.48. The molecule has 0 saturated heterocycles. The molecule has 3 rings (SSSR count). The summed E-state index contributed by atoms with van der Waals surface area (Å²) >= 11 is 0. The summed E-state index contributed by atoms with van der Waals surface area (Å²) in [6.07, 6.45) is 9.70. The average molecular weight is 283 g/mol. The van der Waals surface area contributed by atoms with Gasteiger partial charge in [-0.25, -0.2) is 0 Å². The van der Waals surface area contributed by atoms with E-state index in [9.17, 15) is 0 Å². The molecule has 1 heterocycles. The molecule has 2 heteroatoms. The van der Waals surface area contributed by atoms with E-state index in [1.54, 1.807) is 11.8 Å². The number of fused-ring (bicyclic) bond motifs is 1. The lowest BCUT2D eigenvalue weighted by molar-refractivity contribution is 0.335. The van der Waals surface area contributed by atoms with Crippen LogP contribution in [0.1, 0.15) is 42.9 Å². The molecule has 112 valence electrons. The smallest absolute Gasteiger partial charge is 0.0934 e. The molecule has 0 fully saturated rings. The first-order valence-corrected chi connectivity index (χ1v) is 8.14. The SMILES string of the molecule is CCCNCC1(Cc2ccoc2)CCCc2ccccc21. The van der Waals surface area contributed by atoms with Crippen molar-refractivity contribution in [2.24, 2.45) is 0 Å². The number of hydrogen-bond donors (Lipinski definition) is 1. The van der Waals surface area contributed by atoms with Gasteiger partial charge in [0.1, 0.15) is 0 Å². The summed E-state index contributed by atoms with van der Waals surface area (Å²) in [7, 11) is 0. The highest BCUT2D eigenvalue weighted by Gasteiger charge is 2.36. The number of benzene rings is 1. The molecule has 1 aromatic carbocycles. The van der Waals surface area contributed by atoms with Crippen LogP contribution in [-0.2, 0) is 18.3 Å². The molecule has 2 nitrogen and oxygen atoms in total. The molecule has 2 aromatic rings. The zero-order valence-corrected chi connectivity index (χ0v) is 12.9. The molecule has 1 unspecified atom stereocenters. The monoisotopic (exact) mass is 283 g/mol. The quantitative estimate of drug-likeness (QED) is 0.808. The lowest BCUT2D eigenvalue weighted by atomic mass is 9.67. The summed E-state index contributed by atoms with van der Waals surface area (Å²) in [5.74, 6) is 0. The summed E-state index contributed by atoms with van der Waals surface area (Å²) in [6.45, 7) is 4.38. The van der Waals surface area contributed by atoms with Crippen molar-refractivity contribution >= 4 is 0 Å². The van der Waals surface area contributed by atoms with E-state index in [4.69, 9.17) is 4.42 Å². The van der Waals surface area contributed by atoms with Crippen molar-refractivity contribution in [3.63, 3.8) is 0 Å². The van der Waals surface area contributed by atoms with Crippen LogP contribution in [0.25, 0.3) is 0 Å². The van der Waals surface area contributed by atoms with Gasteiger partial charge in [0.05, 0.1) is 12.5 Å². The van der Waals surface area contributed by atoms with Gasteiger partial charge in [-0.1, -0.05) is 31.2 Å². The number of nitrogens with one attached hydrogen (secondary N) is 1. The lowest BCUT2D eigenvalue weighted by Gasteiger charge is -2.39. The van der Waals surface area contributed by atoms with Gasteiger partial charge in [0.25, 0.3) is 0 Å². The van der Waals surface area contributed by atoms with Crippen LogP contribution in [0.15, 0.2) is 47.3 Å². The summed E-state index contributed by atoms with van der Waals surface area (Å²) in [5, 5.41) is 3.67. The summed E-state index contributed by atoms with van der Waals surface area (Å²) in [5.41, 5.74) is 4.60. The van der Waals surface area contributed by atoms with E-state index < -0.39 is 0 Å². The van der Waals surface area contributed by atoms with E-state index in [0.29, 0.717) is 0 Å². The Balaban J connectivity index is 1.92. The number of aryl methyl sites for hydroxylation is 1. The lowest BCUT2D eigenvalue weighted by Crippen LogP contribution is -2.43. The largest absolute Gasteiger partial charge is 0.472 e. The van der Waals surface area contributed by atoms with Crippen LogP contribution in [-0.4, -0.2) is 13.1 Å². The van der Waals surface area contributed by atoms with Crippen LogP contribution < -0.4 is 5.32 Å². The van der Waals surface area contributed by atoms with E-state index >= 15 is 0 Å². The Morgan fingerprint density at radius 1 is 1.24 bits per heavy atom. The van der Waals surface area contributed by atoms with Crippen molar-refractivity contribution in [2.75, 3.05) is 13.1 Å². The van der Waals surface area contributed by atoms with E-state index in [-0.39, 0.29) is 5.41 Å². The van der Waals surface area contributed by atoms with Gasteiger partial charge in [0, 0.05) is 12.0 Å². The van der Waals surface area contributed by atoms with Gasteiger partial charge in [0.2, 0.25) is 0 Å². The van der Waals surface area contributed by atoms with E-state index in [2.05, 4.69) is 42.6 Å². The van der Waals surface area contributed by atoms with Crippen molar-refractivity contribution < 1.29 is 4.42 Å². The molecule has 0 saturated carbocycles. The molecule has 1 N–H and O–H groups in total. The zero-order chi connectivity index (χ0) is 14.5. The average Bonchev–Trinajstić information content (AvgIpc) is 3.01. The number of furan rings is 1. The van der Waals surface area contributed by atoms with Crippen LogP contribution in [0.2, 0.25) is 0 Å². The molecule has 1 aliphatic rings. The molecule has 0 aliphatic heterocycles. The standard InChI is InChI=1S/C19H25NO/c1-2-11-20-15-19(13-16-9-12-21-14-16)10-5-7-17-6-3-4-8-18(17)19/h3-4,6,8-9,12,14,20H,2,5,7,10-11,13,15H2,1H3. The molecule has 1 aromatic heterocycles. The molecular weight excluding hydrogens is 258 g/mol. The molecule has 21 heavy (non-hydrogen) atoms. The van der Waals surface area contributed by atoms with Gasteiger partial charge in [-0.2, -0.15) is 0 Å². The Hall–Kier alpha value is -1.54. The fraction of sp³-hybridized carbons (Fsp3) is 0.474. The fourth-order valence-corrected chi connectivity index (χ4v) is 3.73. The number of hydrogen-bond acceptors (Lipinski definition) is 2. The van der Waals surface area contributed by atoms with Crippen molar-refractivity contribution in [2.45, 2.75) is 44.4 Å². The second-order valence-corrected chi connectivity index (χ2v) is 6.28. The minimum absolute atomic E-state index is 0.216. The normalized spacial score (nSPS) is 21.2. The third-order valence-electron chi connectivity index (χ3n) is 4.70. The van der Waals surface area contributed by atoms with Crippen molar-refractivity contribution in [1.29, 1.82) is 0 Å². The fourth-order valence-electron chi connectivity index (χ4n) is 3.73. The Morgan fingerprint density at radius 2 is 2.14 bits per heavy atom.